The first-order valence-corrected chi connectivity index (χ1v) is 10.3. The van der Waals surface area contributed by atoms with Gasteiger partial charge in [0.1, 0.15) is 11.5 Å². The average molecular weight is 441 g/mol. The summed E-state index contributed by atoms with van der Waals surface area (Å²) in [5.74, 6) is 0.792. The molecular formula is C16H21BrN6O2S. The molecule has 1 fully saturated rings. The minimum atomic E-state index is -0.312. The van der Waals surface area contributed by atoms with Crippen LogP contribution >= 0.6 is 27.7 Å². The highest BCUT2D eigenvalue weighted by atomic mass is 79.9. The van der Waals surface area contributed by atoms with E-state index in [1.54, 1.807) is 19.4 Å². The second-order valence-corrected chi connectivity index (χ2v) is 7.86. The molecule has 0 amide bonds. The van der Waals surface area contributed by atoms with Crippen LogP contribution in [0.15, 0.2) is 31.6 Å². The lowest BCUT2D eigenvalue weighted by atomic mass is 10.0. The first-order valence-electron chi connectivity index (χ1n) is 8.25. The molecule has 0 aliphatic carbocycles. The summed E-state index contributed by atoms with van der Waals surface area (Å²) in [5, 5.41) is 4.19. The third-order valence-electron chi connectivity index (χ3n) is 4.51. The summed E-state index contributed by atoms with van der Waals surface area (Å²) in [5.41, 5.74) is 0.0112. The van der Waals surface area contributed by atoms with Crippen molar-refractivity contribution in [1.29, 1.82) is 0 Å². The van der Waals surface area contributed by atoms with Gasteiger partial charge in [0.2, 0.25) is 0 Å². The molecule has 3 rings (SSSR count). The molecular weight excluding hydrogens is 420 g/mol. The maximum absolute atomic E-state index is 12.4. The van der Waals surface area contributed by atoms with Crippen molar-refractivity contribution in [3.63, 3.8) is 0 Å². The van der Waals surface area contributed by atoms with Crippen LogP contribution in [0.25, 0.3) is 0 Å². The number of halogens is 1. The topological polar surface area (TPSA) is 85.0 Å². The van der Waals surface area contributed by atoms with Crippen LogP contribution in [0.3, 0.4) is 0 Å². The van der Waals surface area contributed by atoms with Gasteiger partial charge in [0, 0.05) is 45.6 Å². The van der Waals surface area contributed by atoms with Crippen LogP contribution in [-0.2, 0) is 14.1 Å². The van der Waals surface area contributed by atoms with Crippen molar-refractivity contribution in [1.82, 2.24) is 19.1 Å². The Labute approximate surface area is 163 Å². The molecule has 0 unspecified atom stereocenters. The summed E-state index contributed by atoms with van der Waals surface area (Å²) in [6, 6.07) is 0.267. The molecule has 0 spiro atoms. The van der Waals surface area contributed by atoms with Crippen LogP contribution in [0.4, 0.5) is 11.5 Å². The fourth-order valence-corrected chi connectivity index (χ4v) is 3.66. The lowest BCUT2D eigenvalue weighted by Crippen LogP contribution is -2.45. The third-order valence-corrected chi connectivity index (χ3v) is 5.65. The Hall–Kier alpha value is -1.81. The normalized spacial score (nSPS) is 15.3. The Kier molecular flexibility index (Phi) is 5.71. The van der Waals surface area contributed by atoms with Crippen molar-refractivity contribution in [2.45, 2.75) is 24.0 Å². The van der Waals surface area contributed by atoms with E-state index in [1.807, 2.05) is 11.2 Å². The highest BCUT2D eigenvalue weighted by Gasteiger charge is 2.23. The summed E-state index contributed by atoms with van der Waals surface area (Å²) < 4.78 is 3.44. The molecule has 0 radical (unpaired) electrons. The van der Waals surface area contributed by atoms with Crippen LogP contribution in [0.2, 0.25) is 0 Å². The summed E-state index contributed by atoms with van der Waals surface area (Å²) >= 11 is 4.98. The van der Waals surface area contributed by atoms with Gasteiger partial charge in [-0.1, -0.05) is 11.8 Å². The van der Waals surface area contributed by atoms with Crippen LogP contribution in [0.5, 0.6) is 0 Å². The molecule has 10 heteroatoms. The van der Waals surface area contributed by atoms with Crippen LogP contribution in [-0.4, -0.2) is 44.5 Å². The van der Waals surface area contributed by atoms with Crippen molar-refractivity contribution in [3.8, 4) is 0 Å². The Morgan fingerprint density at radius 2 is 1.96 bits per heavy atom. The largest absolute Gasteiger partial charge is 0.366 e. The Balaban J connectivity index is 1.71. The molecule has 2 aromatic heterocycles. The average Bonchev–Trinajstić information content (AvgIpc) is 2.65. The smallest absolute Gasteiger partial charge is 0.330 e. The first-order chi connectivity index (χ1) is 12.4. The van der Waals surface area contributed by atoms with E-state index in [-0.39, 0.29) is 17.3 Å². The fourth-order valence-electron chi connectivity index (χ4n) is 3.01. The van der Waals surface area contributed by atoms with Gasteiger partial charge in [0.05, 0.1) is 4.47 Å². The summed E-state index contributed by atoms with van der Waals surface area (Å²) in [6.07, 6.45) is 7.07. The summed E-state index contributed by atoms with van der Waals surface area (Å²) in [6.45, 7) is 1.48. The van der Waals surface area contributed by atoms with E-state index < -0.39 is 0 Å². The van der Waals surface area contributed by atoms with E-state index >= 15 is 0 Å². The zero-order valence-corrected chi connectivity index (χ0v) is 17.3. The molecule has 2 aromatic rings. The van der Waals surface area contributed by atoms with Gasteiger partial charge in [-0.05, 0) is 35.0 Å². The summed E-state index contributed by atoms with van der Waals surface area (Å²) in [4.78, 5) is 35.0. The molecule has 0 aromatic carbocycles. The molecule has 0 bridgehead atoms. The molecule has 0 saturated carbocycles. The lowest BCUT2D eigenvalue weighted by molar-refractivity contribution is 0.519. The van der Waals surface area contributed by atoms with Crippen LogP contribution in [0.1, 0.15) is 12.8 Å². The van der Waals surface area contributed by atoms with Crippen molar-refractivity contribution in [2.24, 2.45) is 14.1 Å². The fraction of sp³-hybridized carbons (Fsp3) is 0.500. The van der Waals surface area contributed by atoms with Gasteiger partial charge in [-0.3, -0.25) is 9.36 Å². The van der Waals surface area contributed by atoms with Crippen molar-refractivity contribution >= 4 is 39.2 Å². The number of nitrogens with zero attached hydrogens (tertiary/aromatic N) is 5. The van der Waals surface area contributed by atoms with Crippen molar-refractivity contribution in [3.05, 3.63) is 37.7 Å². The SMILES string of the molecule is CSc1ncc(Br)c(NC2CCN(c3cn(C)c(=O)n(C)c3=O)CC2)n1. The zero-order valence-electron chi connectivity index (χ0n) is 14.9. The van der Waals surface area contributed by atoms with E-state index in [0.29, 0.717) is 5.69 Å². The van der Waals surface area contributed by atoms with Gasteiger partial charge < -0.3 is 14.8 Å². The van der Waals surface area contributed by atoms with Gasteiger partial charge in [-0.15, -0.1) is 0 Å². The molecule has 26 heavy (non-hydrogen) atoms. The van der Waals surface area contributed by atoms with Gasteiger partial charge in [0.15, 0.2) is 5.16 Å². The lowest BCUT2D eigenvalue weighted by Gasteiger charge is -2.34. The minimum Gasteiger partial charge on any atom is -0.366 e. The zero-order chi connectivity index (χ0) is 18.8. The highest BCUT2D eigenvalue weighted by Crippen LogP contribution is 2.25. The molecule has 1 aliphatic rings. The first kappa shape index (κ1) is 19.0. The predicted octanol–water partition coefficient (Wildman–Crippen LogP) is 1.44. The van der Waals surface area contributed by atoms with Crippen LogP contribution in [0, 0.1) is 0 Å². The second kappa shape index (κ2) is 7.83. The number of aromatic nitrogens is 4. The monoisotopic (exact) mass is 440 g/mol. The maximum Gasteiger partial charge on any atom is 0.330 e. The van der Waals surface area contributed by atoms with Crippen molar-refractivity contribution < 1.29 is 0 Å². The number of thioether (sulfide) groups is 1. The number of nitrogens with one attached hydrogen (secondary N) is 1. The number of hydrogen-bond donors (Lipinski definition) is 1. The number of aryl methyl sites for hydroxylation is 1. The quantitative estimate of drug-likeness (QED) is 0.568. The Bertz CT molecular complexity index is 920. The molecule has 8 nitrogen and oxygen atoms in total. The number of rotatable bonds is 4. The third kappa shape index (κ3) is 3.80. The molecule has 1 aliphatic heterocycles. The molecule has 1 saturated heterocycles. The van der Waals surface area contributed by atoms with Crippen LogP contribution < -0.4 is 21.5 Å². The van der Waals surface area contributed by atoms with E-state index in [0.717, 1.165) is 45.9 Å². The van der Waals surface area contributed by atoms with E-state index in [4.69, 9.17) is 0 Å². The number of piperidine rings is 1. The maximum atomic E-state index is 12.4. The molecule has 0 atom stereocenters. The van der Waals surface area contributed by atoms with Gasteiger partial charge in [-0.2, -0.15) is 0 Å². The standard InChI is InChI=1S/C16H21BrN6O2S/c1-21-9-12(14(24)22(2)16(21)25)23-6-4-10(5-7-23)19-13-11(17)8-18-15(20-13)26-3/h8-10H,4-7H2,1-3H3,(H,18,19,20). The Morgan fingerprint density at radius 1 is 1.27 bits per heavy atom. The number of hydrogen-bond acceptors (Lipinski definition) is 7. The van der Waals surface area contributed by atoms with E-state index in [1.165, 1.54) is 23.4 Å². The molecule has 3 heterocycles. The highest BCUT2D eigenvalue weighted by molar-refractivity contribution is 9.10. The van der Waals surface area contributed by atoms with Gasteiger partial charge in [-0.25, -0.2) is 14.8 Å². The minimum absolute atomic E-state index is 0.248. The van der Waals surface area contributed by atoms with Gasteiger partial charge in [0.25, 0.3) is 5.56 Å². The Morgan fingerprint density at radius 3 is 2.62 bits per heavy atom. The second-order valence-electron chi connectivity index (χ2n) is 6.23. The van der Waals surface area contributed by atoms with Crippen molar-refractivity contribution in [2.75, 3.05) is 29.6 Å². The van der Waals surface area contributed by atoms with E-state index in [9.17, 15) is 9.59 Å². The predicted molar refractivity (Wildman–Crippen MR) is 107 cm³/mol. The van der Waals surface area contributed by atoms with Gasteiger partial charge >= 0.3 is 5.69 Å². The molecule has 140 valence electrons. The summed E-state index contributed by atoms with van der Waals surface area (Å²) in [7, 11) is 3.17. The molecule has 1 N–H and O–H groups in total. The number of anilines is 2. The van der Waals surface area contributed by atoms with E-state index in [2.05, 4.69) is 31.2 Å².